The maximum absolute atomic E-state index is 11.1. The van der Waals surface area contributed by atoms with Crippen molar-refractivity contribution in [3.8, 4) is 11.3 Å². The molecule has 5 nitrogen and oxygen atoms in total. The van der Waals surface area contributed by atoms with Gasteiger partial charge in [0.1, 0.15) is 0 Å². The van der Waals surface area contributed by atoms with E-state index in [0.29, 0.717) is 12.1 Å². The summed E-state index contributed by atoms with van der Waals surface area (Å²) in [6.45, 7) is 1.96. The molecular formula is C15H12BrN3O2. The second-order valence-electron chi connectivity index (χ2n) is 4.60. The molecule has 0 aliphatic carbocycles. The lowest BCUT2D eigenvalue weighted by Crippen LogP contribution is -2.06. The van der Waals surface area contributed by atoms with Gasteiger partial charge < -0.3 is 5.11 Å². The van der Waals surface area contributed by atoms with Crippen LogP contribution >= 0.6 is 15.9 Å². The second-order valence-corrected chi connectivity index (χ2v) is 5.51. The van der Waals surface area contributed by atoms with Gasteiger partial charge in [0.2, 0.25) is 0 Å². The highest BCUT2D eigenvalue weighted by molar-refractivity contribution is 9.10. The number of carboxylic acids is 1. The van der Waals surface area contributed by atoms with Crippen molar-refractivity contribution in [3.05, 3.63) is 52.3 Å². The first-order chi connectivity index (χ1) is 10.1. The van der Waals surface area contributed by atoms with E-state index in [1.807, 2.05) is 31.2 Å². The summed E-state index contributed by atoms with van der Waals surface area (Å²) >= 11 is 3.40. The van der Waals surface area contributed by atoms with Crippen LogP contribution in [0, 0.1) is 0 Å². The number of aryl methyl sites for hydroxylation is 1. The van der Waals surface area contributed by atoms with Gasteiger partial charge in [-0.05, 0) is 24.6 Å². The van der Waals surface area contributed by atoms with Crippen molar-refractivity contribution in [2.75, 3.05) is 0 Å². The molecule has 0 unspecified atom stereocenters. The van der Waals surface area contributed by atoms with Gasteiger partial charge in [-0.25, -0.2) is 14.3 Å². The van der Waals surface area contributed by atoms with Gasteiger partial charge in [-0.1, -0.05) is 35.0 Å². The molecule has 0 aliphatic rings. The fourth-order valence-electron chi connectivity index (χ4n) is 2.16. The average Bonchev–Trinajstić information content (AvgIpc) is 2.90. The fourth-order valence-corrected chi connectivity index (χ4v) is 2.42. The molecule has 2 heterocycles. The monoisotopic (exact) mass is 345 g/mol. The smallest absolute Gasteiger partial charge is 0.354 e. The molecular weight excluding hydrogens is 334 g/mol. The topological polar surface area (TPSA) is 67.5 Å². The number of aromatic carboxylic acids is 1. The van der Waals surface area contributed by atoms with Crippen molar-refractivity contribution >= 4 is 27.5 Å². The minimum Gasteiger partial charge on any atom is -0.477 e. The highest BCUT2D eigenvalue weighted by Gasteiger charge is 2.13. The fraction of sp³-hybridized carbons (Fsp3) is 0.133. The summed E-state index contributed by atoms with van der Waals surface area (Å²) in [5.41, 5.74) is 3.14. The first kappa shape index (κ1) is 13.8. The van der Waals surface area contributed by atoms with E-state index >= 15 is 0 Å². The number of nitrogens with zero attached hydrogens (tertiary/aromatic N) is 3. The zero-order valence-electron chi connectivity index (χ0n) is 11.2. The van der Waals surface area contributed by atoms with E-state index in [9.17, 15) is 4.79 Å². The average molecular weight is 346 g/mol. The van der Waals surface area contributed by atoms with Crippen molar-refractivity contribution in [3.63, 3.8) is 0 Å². The van der Waals surface area contributed by atoms with Crippen LogP contribution in [0.1, 0.15) is 23.1 Å². The van der Waals surface area contributed by atoms with Gasteiger partial charge in [0.15, 0.2) is 11.3 Å². The molecule has 21 heavy (non-hydrogen) atoms. The van der Waals surface area contributed by atoms with Crippen LogP contribution in [0.5, 0.6) is 0 Å². The number of halogens is 1. The van der Waals surface area contributed by atoms with Crippen molar-refractivity contribution in [1.29, 1.82) is 0 Å². The molecule has 0 amide bonds. The molecule has 0 saturated carbocycles. The standard InChI is InChI=1S/C15H12BrN3O2/c1-2-11-7-13(15(20)21)17-14-8-12(18-19(11)14)9-3-5-10(16)6-4-9/h3-8H,2H2,1H3,(H,20,21). The predicted octanol–water partition coefficient (Wildman–Crippen LogP) is 3.42. The molecule has 0 fully saturated rings. The number of aromatic nitrogens is 3. The van der Waals surface area contributed by atoms with Crippen LogP contribution in [0.3, 0.4) is 0 Å². The summed E-state index contributed by atoms with van der Waals surface area (Å²) in [6.07, 6.45) is 0.681. The van der Waals surface area contributed by atoms with Crippen molar-refractivity contribution in [2.24, 2.45) is 0 Å². The van der Waals surface area contributed by atoms with Gasteiger partial charge in [-0.15, -0.1) is 0 Å². The van der Waals surface area contributed by atoms with Crippen LogP contribution in [0.15, 0.2) is 40.9 Å². The van der Waals surface area contributed by atoms with E-state index < -0.39 is 5.97 Å². The molecule has 3 rings (SSSR count). The molecule has 0 atom stereocenters. The minimum absolute atomic E-state index is 0.0432. The summed E-state index contributed by atoms with van der Waals surface area (Å²) in [6, 6.07) is 11.2. The predicted molar refractivity (Wildman–Crippen MR) is 82.5 cm³/mol. The Morgan fingerprint density at radius 2 is 2.00 bits per heavy atom. The Bertz CT molecular complexity index is 825. The number of hydrogen-bond acceptors (Lipinski definition) is 3. The van der Waals surface area contributed by atoms with E-state index in [2.05, 4.69) is 26.0 Å². The number of carbonyl (C=O) groups is 1. The molecule has 0 bridgehead atoms. The third kappa shape index (κ3) is 2.54. The van der Waals surface area contributed by atoms with Crippen LogP contribution in [0.4, 0.5) is 0 Å². The Hall–Kier alpha value is -2.21. The Kier molecular flexibility index (Phi) is 3.47. The summed E-state index contributed by atoms with van der Waals surface area (Å²) in [5.74, 6) is -1.03. The van der Waals surface area contributed by atoms with Gasteiger partial charge in [0.25, 0.3) is 0 Å². The van der Waals surface area contributed by atoms with E-state index in [0.717, 1.165) is 21.4 Å². The maximum atomic E-state index is 11.1. The molecule has 2 aromatic heterocycles. The first-order valence-electron chi connectivity index (χ1n) is 6.47. The molecule has 0 aliphatic heterocycles. The van der Waals surface area contributed by atoms with E-state index in [1.54, 1.807) is 16.6 Å². The minimum atomic E-state index is -1.03. The molecule has 1 aromatic carbocycles. The summed E-state index contributed by atoms with van der Waals surface area (Å²) in [5, 5.41) is 13.7. The van der Waals surface area contributed by atoms with Crippen molar-refractivity contribution < 1.29 is 9.90 Å². The van der Waals surface area contributed by atoms with Crippen LogP contribution < -0.4 is 0 Å². The van der Waals surface area contributed by atoms with Gasteiger partial charge in [0.05, 0.1) is 5.69 Å². The normalized spacial score (nSPS) is 11.0. The highest BCUT2D eigenvalue weighted by Crippen LogP contribution is 2.22. The van der Waals surface area contributed by atoms with Crippen LogP contribution in [-0.4, -0.2) is 25.7 Å². The Balaban J connectivity index is 2.19. The van der Waals surface area contributed by atoms with Gasteiger partial charge >= 0.3 is 5.97 Å². The Labute approximate surface area is 129 Å². The summed E-state index contributed by atoms with van der Waals surface area (Å²) in [4.78, 5) is 15.3. The SMILES string of the molecule is CCc1cc(C(=O)O)nc2cc(-c3ccc(Br)cc3)nn12. The lowest BCUT2D eigenvalue weighted by atomic mass is 10.2. The van der Waals surface area contributed by atoms with Crippen LogP contribution in [-0.2, 0) is 6.42 Å². The van der Waals surface area contributed by atoms with E-state index in [-0.39, 0.29) is 5.69 Å². The third-order valence-electron chi connectivity index (χ3n) is 3.22. The van der Waals surface area contributed by atoms with Crippen LogP contribution in [0.2, 0.25) is 0 Å². The number of hydrogen-bond donors (Lipinski definition) is 1. The number of fused-ring (bicyclic) bond motifs is 1. The highest BCUT2D eigenvalue weighted by atomic mass is 79.9. The van der Waals surface area contributed by atoms with E-state index in [4.69, 9.17) is 5.11 Å². The summed E-state index contributed by atoms with van der Waals surface area (Å²) in [7, 11) is 0. The number of benzene rings is 1. The first-order valence-corrected chi connectivity index (χ1v) is 7.26. The van der Waals surface area contributed by atoms with Crippen LogP contribution in [0.25, 0.3) is 16.9 Å². The van der Waals surface area contributed by atoms with Gasteiger partial charge in [-0.2, -0.15) is 5.10 Å². The molecule has 106 valence electrons. The second kappa shape index (κ2) is 5.29. The zero-order valence-corrected chi connectivity index (χ0v) is 12.8. The molecule has 0 saturated heterocycles. The van der Waals surface area contributed by atoms with E-state index in [1.165, 1.54) is 0 Å². The molecule has 0 radical (unpaired) electrons. The van der Waals surface area contributed by atoms with Crippen molar-refractivity contribution in [2.45, 2.75) is 13.3 Å². The van der Waals surface area contributed by atoms with Crippen molar-refractivity contribution in [1.82, 2.24) is 14.6 Å². The third-order valence-corrected chi connectivity index (χ3v) is 3.75. The van der Waals surface area contributed by atoms with Gasteiger partial charge in [0, 0.05) is 21.8 Å². The zero-order chi connectivity index (χ0) is 15.0. The Morgan fingerprint density at radius 1 is 1.29 bits per heavy atom. The number of carboxylic acid groups (broad SMARTS) is 1. The largest absolute Gasteiger partial charge is 0.477 e. The van der Waals surface area contributed by atoms with Gasteiger partial charge in [-0.3, -0.25) is 0 Å². The lowest BCUT2D eigenvalue weighted by molar-refractivity contribution is 0.0690. The molecule has 6 heteroatoms. The molecule has 3 aromatic rings. The molecule has 1 N–H and O–H groups in total. The quantitative estimate of drug-likeness (QED) is 0.789. The Morgan fingerprint density at radius 3 is 2.62 bits per heavy atom. The lowest BCUT2D eigenvalue weighted by Gasteiger charge is -2.02. The number of rotatable bonds is 3. The summed E-state index contributed by atoms with van der Waals surface area (Å²) < 4.78 is 2.69. The maximum Gasteiger partial charge on any atom is 0.354 e. The molecule has 0 spiro atoms.